The van der Waals surface area contributed by atoms with Gasteiger partial charge in [-0.05, 0) is 42.9 Å². The van der Waals surface area contributed by atoms with Gasteiger partial charge in [-0.1, -0.05) is 38.8 Å². The Morgan fingerprint density at radius 2 is 1.67 bits per heavy atom. The zero-order chi connectivity index (χ0) is 13.6. The molecule has 0 atom stereocenters. The lowest BCUT2D eigenvalue weighted by atomic mass is 10.0. The molecular formula is C14H23NO2S. The van der Waals surface area contributed by atoms with E-state index >= 15 is 0 Å². The van der Waals surface area contributed by atoms with Gasteiger partial charge in [0.1, 0.15) is 0 Å². The van der Waals surface area contributed by atoms with Crippen LogP contribution in [0.25, 0.3) is 0 Å². The molecule has 2 N–H and O–H groups in total. The van der Waals surface area contributed by atoms with E-state index in [1.54, 1.807) is 6.07 Å². The van der Waals surface area contributed by atoms with Crippen molar-refractivity contribution in [2.45, 2.75) is 57.3 Å². The standard InChI is InChI=1S/C14H23NO2S/c1-3-5-7-12-9-10-14(18(15,16)17)13(11-12)8-6-4-2/h9-11H,3-8H2,1-2H3,(H2,15,16,17). The van der Waals surface area contributed by atoms with Crippen LogP contribution in [0, 0.1) is 0 Å². The molecule has 0 heterocycles. The summed E-state index contributed by atoms with van der Waals surface area (Å²) in [6.07, 6.45) is 6.08. The third kappa shape index (κ3) is 4.42. The van der Waals surface area contributed by atoms with E-state index in [1.165, 1.54) is 5.56 Å². The van der Waals surface area contributed by atoms with Crippen molar-refractivity contribution < 1.29 is 8.42 Å². The molecule has 0 saturated heterocycles. The minimum atomic E-state index is -3.60. The molecule has 4 heteroatoms. The first kappa shape index (κ1) is 15.2. The van der Waals surface area contributed by atoms with Gasteiger partial charge in [-0.25, -0.2) is 13.6 Å². The topological polar surface area (TPSA) is 60.2 Å². The molecule has 0 aliphatic carbocycles. The van der Waals surface area contributed by atoms with Crippen LogP contribution in [0.4, 0.5) is 0 Å². The second-order valence-electron chi connectivity index (χ2n) is 4.69. The molecule has 1 aromatic carbocycles. The van der Waals surface area contributed by atoms with Crippen LogP contribution in [0.5, 0.6) is 0 Å². The third-order valence-corrected chi connectivity index (χ3v) is 4.06. The van der Waals surface area contributed by atoms with Crippen LogP contribution < -0.4 is 5.14 Å². The minimum absolute atomic E-state index is 0.288. The maximum absolute atomic E-state index is 11.5. The fourth-order valence-corrected chi connectivity index (χ4v) is 2.79. The number of sulfonamides is 1. The molecule has 0 amide bonds. The second-order valence-corrected chi connectivity index (χ2v) is 6.22. The molecule has 3 nitrogen and oxygen atoms in total. The lowest BCUT2D eigenvalue weighted by molar-refractivity contribution is 0.596. The normalized spacial score (nSPS) is 11.7. The molecular weight excluding hydrogens is 246 g/mol. The van der Waals surface area contributed by atoms with E-state index in [4.69, 9.17) is 5.14 Å². The number of benzene rings is 1. The van der Waals surface area contributed by atoms with E-state index < -0.39 is 10.0 Å². The number of unbranched alkanes of at least 4 members (excludes halogenated alkanes) is 2. The van der Waals surface area contributed by atoms with Crippen LogP contribution in [0.2, 0.25) is 0 Å². The number of primary sulfonamides is 1. The zero-order valence-corrected chi connectivity index (χ0v) is 12.1. The van der Waals surface area contributed by atoms with Crippen molar-refractivity contribution in [2.24, 2.45) is 5.14 Å². The SMILES string of the molecule is CCCCc1ccc(S(N)(=O)=O)c(CCCC)c1. The molecule has 102 valence electrons. The van der Waals surface area contributed by atoms with E-state index in [1.807, 2.05) is 12.1 Å². The molecule has 0 aliphatic rings. The fourth-order valence-electron chi connectivity index (χ4n) is 2.01. The van der Waals surface area contributed by atoms with Crippen LogP contribution in [-0.4, -0.2) is 8.42 Å². The summed E-state index contributed by atoms with van der Waals surface area (Å²) in [7, 11) is -3.60. The van der Waals surface area contributed by atoms with Crippen molar-refractivity contribution >= 4 is 10.0 Å². The van der Waals surface area contributed by atoms with Crippen LogP contribution in [0.3, 0.4) is 0 Å². The summed E-state index contributed by atoms with van der Waals surface area (Å²) in [4.78, 5) is 0.288. The van der Waals surface area contributed by atoms with Crippen molar-refractivity contribution in [2.75, 3.05) is 0 Å². The lowest BCUT2D eigenvalue weighted by Gasteiger charge is -2.10. The smallest absolute Gasteiger partial charge is 0.225 e. The summed E-state index contributed by atoms with van der Waals surface area (Å²) in [5, 5.41) is 5.25. The molecule has 0 fully saturated rings. The largest absolute Gasteiger partial charge is 0.238 e. The van der Waals surface area contributed by atoms with Gasteiger partial charge in [0.2, 0.25) is 10.0 Å². The summed E-state index contributed by atoms with van der Waals surface area (Å²) in [5.41, 5.74) is 2.07. The molecule has 0 spiro atoms. The van der Waals surface area contributed by atoms with Gasteiger partial charge in [0.05, 0.1) is 4.90 Å². The summed E-state index contributed by atoms with van der Waals surface area (Å²) in [6, 6.07) is 5.54. The van der Waals surface area contributed by atoms with Gasteiger partial charge in [-0.15, -0.1) is 0 Å². The number of hydrogen-bond donors (Lipinski definition) is 1. The van der Waals surface area contributed by atoms with Gasteiger partial charge >= 0.3 is 0 Å². The van der Waals surface area contributed by atoms with Crippen molar-refractivity contribution in [1.29, 1.82) is 0 Å². The Morgan fingerprint density at radius 1 is 1.06 bits per heavy atom. The number of rotatable bonds is 7. The van der Waals surface area contributed by atoms with Crippen molar-refractivity contribution in [3.8, 4) is 0 Å². The van der Waals surface area contributed by atoms with Crippen molar-refractivity contribution in [3.05, 3.63) is 29.3 Å². The van der Waals surface area contributed by atoms with E-state index in [-0.39, 0.29) is 4.90 Å². The van der Waals surface area contributed by atoms with Gasteiger partial charge in [0.25, 0.3) is 0 Å². The van der Waals surface area contributed by atoms with Gasteiger partial charge in [-0.2, -0.15) is 0 Å². The number of nitrogens with two attached hydrogens (primary N) is 1. The summed E-state index contributed by atoms with van der Waals surface area (Å²) in [5.74, 6) is 0. The molecule has 0 radical (unpaired) electrons. The fraction of sp³-hybridized carbons (Fsp3) is 0.571. The molecule has 1 rings (SSSR count). The van der Waals surface area contributed by atoms with Crippen LogP contribution >= 0.6 is 0 Å². The highest BCUT2D eigenvalue weighted by molar-refractivity contribution is 7.89. The minimum Gasteiger partial charge on any atom is -0.225 e. The summed E-state index contributed by atoms with van der Waals surface area (Å²) < 4.78 is 23.0. The Morgan fingerprint density at radius 3 is 2.22 bits per heavy atom. The average molecular weight is 269 g/mol. The molecule has 18 heavy (non-hydrogen) atoms. The molecule has 1 aromatic rings. The first-order valence-electron chi connectivity index (χ1n) is 6.63. The van der Waals surface area contributed by atoms with Gasteiger partial charge in [0, 0.05) is 0 Å². The predicted octanol–water partition coefficient (Wildman–Crippen LogP) is 3.02. The quantitative estimate of drug-likeness (QED) is 0.827. The van der Waals surface area contributed by atoms with E-state index in [9.17, 15) is 8.42 Å². The number of hydrogen-bond acceptors (Lipinski definition) is 2. The predicted molar refractivity (Wildman–Crippen MR) is 75.0 cm³/mol. The van der Waals surface area contributed by atoms with Crippen molar-refractivity contribution in [1.82, 2.24) is 0 Å². The maximum Gasteiger partial charge on any atom is 0.238 e. The van der Waals surface area contributed by atoms with Gasteiger partial charge in [-0.3, -0.25) is 0 Å². The van der Waals surface area contributed by atoms with Crippen LogP contribution in [0.15, 0.2) is 23.1 Å². The maximum atomic E-state index is 11.5. The van der Waals surface area contributed by atoms with E-state index in [0.29, 0.717) is 0 Å². The van der Waals surface area contributed by atoms with E-state index in [2.05, 4.69) is 13.8 Å². The highest BCUT2D eigenvalue weighted by Gasteiger charge is 2.13. The Labute approximate surface area is 110 Å². The highest BCUT2D eigenvalue weighted by Crippen LogP contribution is 2.19. The monoisotopic (exact) mass is 269 g/mol. The Kier molecular flexibility index (Phi) is 5.82. The highest BCUT2D eigenvalue weighted by atomic mass is 32.2. The van der Waals surface area contributed by atoms with E-state index in [0.717, 1.165) is 44.1 Å². The zero-order valence-electron chi connectivity index (χ0n) is 11.3. The molecule has 0 saturated carbocycles. The van der Waals surface area contributed by atoms with Gasteiger partial charge < -0.3 is 0 Å². The third-order valence-electron chi connectivity index (χ3n) is 3.05. The Hall–Kier alpha value is -0.870. The van der Waals surface area contributed by atoms with Gasteiger partial charge in [0.15, 0.2) is 0 Å². The second kappa shape index (κ2) is 6.90. The van der Waals surface area contributed by atoms with Crippen LogP contribution in [-0.2, 0) is 22.9 Å². The molecule has 0 bridgehead atoms. The number of aryl methyl sites for hydroxylation is 2. The first-order chi connectivity index (χ1) is 8.49. The summed E-state index contributed by atoms with van der Waals surface area (Å²) >= 11 is 0. The molecule has 0 aromatic heterocycles. The Balaban J connectivity index is 3.04. The lowest BCUT2D eigenvalue weighted by Crippen LogP contribution is -2.15. The first-order valence-corrected chi connectivity index (χ1v) is 8.18. The average Bonchev–Trinajstić information content (AvgIpc) is 2.32. The van der Waals surface area contributed by atoms with Crippen LogP contribution in [0.1, 0.15) is 50.7 Å². The Bertz CT molecular complexity index is 481. The van der Waals surface area contributed by atoms with Crippen molar-refractivity contribution in [3.63, 3.8) is 0 Å². The molecule has 0 unspecified atom stereocenters. The molecule has 0 aliphatic heterocycles. The summed E-state index contributed by atoms with van der Waals surface area (Å²) in [6.45, 7) is 4.24.